The largest absolute Gasteiger partial charge is 0.497 e. The lowest BCUT2D eigenvalue weighted by Crippen LogP contribution is -2.57. The zero-order valence-electron chi connectivity index (χ0n) is 18.8. The number of ether oxygens (including phenoxy) is 2. The lowest BCUT2D eigenvalue weighted by Gasteiger charge is -2.41. The number of anilines is 2. The average Bonchev–Trinajstić information content (AvgIpc) is 3.19. The second kappa shape index (κ2) is 10.8. The highest BCUT2D eigenvalue weighted by Crippen LogP contribution is 2.27. The third kappa shape index (κ3) is 5.56. The molecule has 4 N–H and O–H groups in total. The maximum Gasteiger partial charge on any atom is 0.319 e. The van der Waals surface area contributed by atoms with Crippen molar-refractivity contribution < 1.29 is 24.5 Å². The molecule has 0 bridgehead atoms. The lowest BCUT2D eigenvalue weighted by molar-refractivity contribution is -0.0205. The van der Waals surface area contributed by atoms with E-state index < -0.39 is 18.3 Å². The summed E-state index contributed by atoms with van der Waals surface area (Å²) in [4.78, 5) is 16.9. The van der Waals surface area contributed by atoms with Crippen molar-refractivity contribution >= 4 is 17.4 Å². The van der Waals surface area contributed by atoms with Gasteiger partial charge in [-0.05, 0) is 36.4 Å². The molecule has 2 aromatic rings. The molecular formula is C24H32N4O5. The van der Waals surface area contributed by atoms with Gasteiger partial charge in [0.2, 0.25) is 0 Å². The molecule has 9 heteroatoms. The Morgan fingerprint density at radius 1 is 1.06 bits per heavy atom. The van der Waals surface area contributed by atoms with Gasteiger partial charge in [-0.3, -0.25) is 4.90 Å². The average molecular weight is 457 g/mol. The molecular weight excluding hydrogens is 424 g/mol. The molecule has 9 nitrogen and oxygen atoms in total. The Morgan fingerprint density at radius 3 is 2.39 bits per heavy atom. The molecule has 0 aliphatic carbocycles. The SMILES string of the molecule is COc1ccc(NC(=O)NCC2OC(CO)C(O)C2N2CCN(c3ccccc3)CC2)cc1. The van der Waals surface area contributed by atoms with Crippen LogP contribution in [-0.2, 0) is 4.74 Å². The van der Waals surface area contributed by atoms with Gasteiger partial charge in [0.1, 0.15) is 18.0 Å². The predicted octanol–water partition coefficient (Wildman–Crippen LogP) is 1.13. The molecule has 33 heavy (non-hydrogen) atoms. The fourth-order valence-corrected chi connectivity index (χ4v) is 4.56. The van der Waals surface area contributed by atoms with Crippen LogP contribution in [0.25, 0.3) is 0 Å². The standard InChI is InChI=1S/C24H32N4O5/c1-32-19-9-7-17(8-10-19)26-24(31)25-15-20-22(23(30)21(16-29)33-20)28-13-11-27(12-14-28)18-5-3-2-4-6-18/h2-10,20-23,29-30H,11-16H2,1H3,(H2,25,26,31). The van der Waals surface area contributed by atoms with Crippen molar-refractivity contribution in [1.82, 2.24) is 10.2 Å². The molecule has 2 aliphatic rings. The van der Waals surface area contributed by atoms with Crippen LogP contribution in [0.1, 0.15) is 0 Å². The molecule has 2 fully saturated rings. The highest BCUT2D eigenvalue weighted by molar-refractivity contribution is 5.89. The lowest BCUT2D eigenvalue weighted by atomic mass is 10.0. The highest BCUT2D eigenvalue weighted by Gasteiger charge is 2.46. The quantitative estimate of drug-likeness (QED) is 0.495. The zero-order chi connectivity index (χ0) is 23.2. The topological polar surface area (TPSA) is 107 Å². The molecule has 4 rings (SSSR count). The summed E-state index contributed by atoms with van der Waals surface area (Å²) in [6.45, 7) is 3.12. The van der Waals surface area contributed by atoms with Crippen molar-refractivity contribution in [2.24, 2.45) is 0 Å². The first-order valence-electron chi connectivity index (χ1n) is 11.3. The number of para-hydroxylation sites is 1. The van der Waals surface area contributed by atoms with Crippen LogP contribution >= 0.6 is 0 Å². The van der Waals surface area contributed by atoms with Gasteiger partial charge in [-0.15, -0.1) is 0 Å². The summed E-state index contributed by atoms with van der Waals surface area (Å²) in [6, 6.07) is 16.6. The van der Waals surface area contributed by atoms with Crippen molar-refractivity contribution in [3.63, 3.8) is 0 Å². The smallest absolute Gasteiger partial charge is 0.319 e. The number of amides is 2. The van der Waals surface area contributed by atoms with E-state index in [1.54, 1.807) is 31.4 Å². The molecule has 4 unspecified atom stereocenters. The fourth-order valence-electron chi connectivity index (χ4n) is 4.56. The predicted molar refractivity (Wildman–Crippen MR) is 126 cm³/mol. The van der Waals surface area contributed by atoms with Gasteiger partial charge >= 0.3 is 6.03 Å². The van der Waals surface area contributed by atoms with Crippen LogP contribution in [0.3, 0.4) is 0 Å². The normalized spacial score (nSPS) is 25.6. The van der Waals surface area contributed by atoms with E-state index in [-0.39, 0.29) is 25.2 Å². The van der Waals surface area contributed by atoms with Crippen LogP contribution in [0.5, 0.6) is 5.75 Å². The number of hydrogen-bond acceptors (Lipinski definition) is 7. The highest BCUT2D eigenvalue weighted by atomic mass is 16.5. The molecule has 178 valence electrons. The molecule has 0 radical (unpaired) electrons. The summed E-state index contributed by atoms with van der Waals surface area (Å²) in [6.07, 6.45) is -1.92. The van der Waals surface area contributed by atoms with E-state index >= 15 is 0 Å². The number of hydrogen-bond donors (Lipinski definition) is 4. The van der Waals surface area contributed by atoms with Gasteiger partial charge in [0.25, 0.3) is 0 Å². The van der Waals surface area contributed by atoms with Gasteiger partial charge in [-0.1, -0.05) is 18.2 Å². The van der Waals surface area contributed by atoms with Crippen molar-refractivity contribution in [2.45, 2.75) is 24.4 Å². The van der Waals surface area contributed by atoms with Gasteiger partial charge in [-0.2, -0.15) is 0 Å². The van der Waals surface area contributed by atoms with Gasteiger partial charge in [0, 0.05) is 44.1 Å². The first-order chi connectivity index (χ1) is 16.1. The van der Waals surface area contributed by atoms with E-state index in [0.717, 1.165) is 26.2 Å². The monoisotopic (exact) mass is 456 g/mol. The van der Waals surface area contributed by atoms with Crippen LogP contribution in [0.2, 0.25) is 0 Å². The summed E-state index contributed by atoms with van der Waals surface area (Å²) in [5, 5.41) is 26.1. The Labute approximate surface area is 193 Å². The van der Waals surface area contributed by atoms with Gasteiger partial charge in [-0.25, -0.2) is 4.79 Å². The van der Waals surface area contributed by atoms with E-state index in [1.165, 1.54) is 5.69 Å². The first kappa shape index (κ1) is 23.3. The van der Waals surface area contributed by atoms with Crippen molar-refractivity contribution in [3.05, 3.63) is 54.6 Å². The third-order valence-corrected chi connectivity index (χ3v) is 6.31. The second-order valence-corrected chi connectivity index (χ2v) is 8.30. The number of nitrogens with zero attached hydrogens (tertiary/aromatic N) is 2. The maximum absolute atomic E-state index is 12.4. The van der Waals surface area contributed by atoms with Crippen LogP contribution < -0.4 is 20.3 Å². The number of aliphatic hydroxyl groups is 2. The Kier molecular flexibility index (Phi) is 7.66. The van der Waals surface area contributed by atoms with Crippen LogP contribution in [0.4, 0.5) is 16.2 Å². The molecule has 2 amide bonds. The molecule has 0 saturated carbocycles. The van der Waals surface area contributed by atoms with Gasteiger partial charge in [0.05, 0.1) is 25.9 Å². The molecule has 2 heterocycles. The van der Waals surface area contributed by atoms with Gasteiger partial charge < -0.3 is 35.2 Å². The van der Waals surface area contributed by atoms with Crippen molar-refractivity contribution in [1.29, 1.82) is 0 Å². The number of carbonyl (C=O) groups excluding carboxylic acids is 1. The summed E-state index contributed by atoms with van der Waals surface area (Å²) >= 11 is 0. The molecule has 0 spiro atoms. The van der Waals surface area contributed by atoms with E-state index in [9.17, 15) is 15.0 Å². The number of rotatable bonds is 7. The Morgan fingerprint density at radius 2 is 1.76 bits per heavy atom. The van der Waals surface area contributed by atoms with E-state index in [2.05, 4.69) is 32.6 Å². The fraction of sp³-hybridized carbons (Fsp3) is 0.458. The van der Waals surface area contributed by atoms with E-state index in [1.807, 2.05) is 18.2 Å². The Bertz CT molecular complexity index is 889. The van der Waals surface area contributed by atoms with E-state index in [0.29, 0.717) is 11.4 Å². The first-order valence-corrected chi connectivity index (χ1v) is 11.3. The zero-order valence-corrected chi connectivity index (χ0v) is 18.8. The van der Waals surface area contributed by atoms with Gasteiger partial charge in [0.15, 0.2) is 0 Å². The number of aliphatic hydroxyl groups excluding tert-OH is 2. The van der Waals surface area contributed by atoms with Crippen molar-refractivity contribution in [3.8, 4) is 5.75 Å². The minimum absolute atomic E-state index is 0.221. The summed E-state index contributed by atoms with van der Waals surface area (Å²) in [7, 11) is 1.59. The third-order valence-electron chi connectivity index (χ3n) is 6.31. The Hall–Kier alpha value is -2.85. The van der Waals surface area contributed by atoms with Crippen LogP contribution in [0, 0.1) is 0 Å². The van der Waals surface area contributed by atoms with Crippen LogP contribution in [0.15, 0.2) is 54.6 Å². The van der Waals surface area contributed by atoms with Crippen LogP contribution in [-0.4, -0.2) is 91.9 Å². The number of benzene rings is 2. The number of urea groups is 1. The molecule has 0 aromatic heterocycles. The molecule has 2 aromatic carbocycles. The van der Waals surface area contributed by atoms with Crippen molar-refractivity contribution in [2.75, 3.05) is 56.7 Å². The van der Waals surface area contributed by atoms with E-state index in [4.69, 9.17) is 9.47 Å². The molecule has 2 saturated heterocycles. The maximum atomic E-state index is 12.4. The molecule has 4 atom stereocenters. The number of nitrogens with one attached hydrogen (secondary N) is 2. The minimum atomic E-state index is -0.824. The second-order valence-electron chi connectivity index (χ2n) is 8.30. The number of piperazine rings is 1. The number of carbonyl (C=O) groups is 1. The number of methoxy groups -OCH3 is 1. The summed E-state index contributed by atoms with van der Waals surface area (Å²) in [5.74, 6) is 0.708. The Balaban J connectivity index is 1.33. The molecule has 2 aliphatic heterocycles. The summed E-state index contributed by atoms with van der Waals surface area (Å²) < 4.78 is 11.0. The minimum Gasteiger partial charge on any atom is -0.497 e. The summed E-state index contributed by atoms with van der Waals surface area (Å²) in [5.41, 5.74) is 1.82.